The van der Waals surface area contributed by atoms with Gasteiger partial charge in [0.25, 0.3) is 0 Å². The molecule has 128 valence electrons. The standard InChI is InChI=1S/C19H18N2O4/c1-23-15-7-9-16(10-8-15)24-11-12-25-19(22)17-13-20-21-18(17)14-5-3-2-4-6-14/h2-10,13H,11-12H2,1H3,(H,20,21). The van der Waals surface area contributed by atoms with E-state index in [4.69, 9.17) is 14.2 Å². The topological polar surface area (TPSA) is 73.4 Å². The molecule has 0 unspecified atom stereocenters. The number of nitrogens with one attached hydrogen (secondary N) is 1. The van der Waals surface area contributed by atoms with E-state index in [1.54, 1.807) is 31.4 Å². The smallest absolute Gasteiger partial charge is 0.342 e. The van der Waals surface area contributed by atoms with E-state index in [1.807, 2.05) is 30.3 Å². The second-order valence-corrected chi connectivity index (χ2v) is 5.18. The number of rotatable bonds is 7. The van der Waals surface area contributed by atoms with Crippen molar-refractivity contribution in [1.82, 2.24) is 10.2 Å². The van der Waals surface area contributed by atoms with E-state index in [1.165, 1.54) is 6.20 Å². The Balaban J connectivity index is 1.52. The molecular formula is C19H18N2O4. The van der Waals surface area contributed by atoms with Gasteiger partial charge in [-0.15, -0.1) is 0 Å². The van der Waals surface area contributed by atoms with Crippen LogP contribution < -0.4 is 9.47 Å². The highest BCUT2D eigenvalue weighted by Gasteiger charge is 2.16. The predicted octanol–water partition coefficient (Wildman–Crippen LogP) is 3.32. The van der Waals surface area contributed by atoms with E-state index in [-0.39, 0.29) is 13.2 Å². The molecule has 1 heterocycles. The minimum absolute atomic E-state index is 0.143. The zero-order valence-electron chi connectivity index (χ0n) is 13.8. The molecule has 0 saturated carbocycles. The predicted molar refractivity (Wildman–Crippen MR) is 92.8 cm³/mol. The third-order valence-electron chi connectivity index (χ3n) is 3.57. The minimum Gasteiger partial charge on any atom is -0.497 e. The van der Waals surface area contributed by atoms with Gasteiger partial charge in [-0.05, 0) is 24.3 Å². The molecule has 0 amide bonds. The molecule has 0 aliphatic carbocycles. The number of hydrogen-bond acceptors (Lipinski definition) is 5. The van der Waals surface area contributed by atoms with Crippen LogP contribution in [0.1, 0.15) is 10.4 Å². The van der Waals surface area contributed by atoms with Crippen molar-refractivity contribution >= 4 is 5.97 Å². The maximum Gasteiger partial charge on any atom is 0.342 e. The molecule has 0 spiro atoms. The number of aromatic amines is 1. The second-order valence-electron chi connectivity index (χ2n) is 5.18. The molecule has 3 aromatic rings. The first-order valence-corrected chi connectivity index (χ1v) is 7.80. The quantitative estimate of drug-likeness (QED) is 0.528. The lowest BCUT2D eigenvalue weighted by Crippen LogP contribution is -2.12. The lowest BCUT2D eigenvalue weighted by Gasteiger charge is -2.08. The van der Waals surface area contributed by atoms with Crippen molar-refractivity contribution in [2.75, 3.05) is 20.3 Å². The molecule has 0 aliphatic rings. The molecule has 0 aliphatic heterocycles. The van der Waals surface area contributed by atoms with E-state index in [0.29, 0.717) is 17.0 Å². The Morgan fingerprint density at radius 1 is 1.00 bits per heavy atom. The van der Waals surface area contributed by atoms with Crippen molar-refractivity contribution in [3.8, 4) is 22.8 Å². The highest BCUT2D eigenvalue weighted by atomic mass is 16.6. The van der Waals surface area contributed by atoms with Crippen molar-refractivity contribution in [3.63, 3.8) is 0 Å². The SMILES string of the molecule is COc1ccc(OCCOC(=O)c2cn[nH]c2-c2ccccc2)cc1. The number of H-pyrrole nitrogens is 1. The largest absolute Gasteiger partial charge is 0.497 e. The number of ether oxygens (including phenoxy) is 3. The summed E-state index contributed by atoms with van der Waals surface area (Å²) >= 11 is 0. The Morgan fingerprint density at radius 3 is 2.44 bits per heavy atom. The Labute approximate surface area is 145 Å². The van der Waals surface area contributed by atoms with E-state index in [9.17, 15) is 4.79 Å². The normalized spacial score (nSPS) is 10.3. The number of methoxy groups -OCH3 is 1. The van der Waals surface area contributed by atoms with Crippen LogP contribution >= 0.6 is 0 Å². The fraction of sp³-hybridized carbons (Fsp3) is 0.158. The van der Waals surface area contributed by atoms with E-state index >= 15 is 0 Å². The van der Waals surface area contributed by atoms with E-state index < -0.39 is 5.97 Å². The van der Waals surface area contributed by atoms with Gasteiger partial charge in [-0.2, -0.15) is 5.10 Å². The first-order chi connectivity index (χ1) is 12.3. The number of carbonyl (C=O) groups excluding carboxylic acids is 1. The summed E-state index contributed by atoms with van der Waals surface area (Å²) in [5.41, 5.74) is 1.92. The lowest BCUT2D eigenvalue weighted by atomic mass is 10.1. The Kier molecular flexibility index (Phi) is 5.31. The number of benzene rings is 2. The highest BCUT2D eigenvalue weighted by molar-refractivity contribution is 5.95. The summed E-state index contributed by atoms with van der Waals surface area (Å²) in [5, 5.41) is 6.78. The van der Waals surface area contributed by atoms with Crippen molar-refractivity contribution < 1.29 is 19.0 Å². The van der Waals surface area contributed by atoms with Gasteiger partial charge in [-0.3, -0.25) is 5.10 Å². The Bertz CT molecular complexity index is 813. The summed E-state index contributed by atoms with van der Waals surface area (Å²) in [5.74, 6) is 1.00. The van der Waals surface area contributed by atoms with Gasteiger partial charge in [0.2, 0.25) is 0 Å². The molecular weight excluding hydrogens is 320 g/mol. The first kappa shape index (κ1) is 16.6. The van der Waals surface area contributed by atoms with E-state index in [0.717, 1.165) is 11.3 Å². The van der Waals surface area contributed by atoms with Gasteiger partial charge in [0.1, 0.15) is 30.3 Å². The van der Waals surface area contributed by atoms with Crippen LogP contribution in [0, 0.1) is 0 Å². The second kappa shape index (κ2) is 8.01. The number of esters is 1. The van der Waals surface area contributed by atoms with Crippen LogP contribution in [-0.2, 0) is 4.74 Å². The molecule has 6 heteroatoms. The summed E-state index contributed by atoms with van der Waals surface area (Å²) in [6, 6.07) is 16.7. The minimum atomic E-state index is -0.439. The third-order valence-corrected chi connectivity index (χ3v) is 3.57. The van der Waals surface area contributed by atoms with Crippen molar-refractivity contribution in [2.24, 2.45) is 0 Å². The van der Waals surface area contributed by atoms with Crippen molar-refractivity contribution in [1.29, 1.82) is 0 Å². The van der Waals surface area contributed by atoms with Crippen LogP contribution in [-0.4, -0.2) is 36.5 Å². The Hall–Kier alpha value is -3.28. The van der Waals surface area contributed by atoms with Crippen LogP contribution in [0.3, 0.4) is 0 Å². The monoisotopic (exact) mass is 338 g/mol. The summed E-state index contributed by atoms with van der Waals surface area (Å²) in [4.78, 5) is 12.2. The van der Waals surface area contributed by atoms with E-state index in [2.05, 4.69) is 10.2 Å². The Morgan fingerprint density at radius 2 is 1.72 bits per heavy atom. The van der Waals surface area contributed by atoms with Gasteiger partial charge in [-0.25, -0.2) is 4.79 Å². The third kappa shape index (κ3) is 4.17. The molecule has 0 bridgehead atoms. The number of nitrogens with zero attached hydrogens (tertiary/aromatic N) is 1. The zero-order chi connectivity index (χ0) is 17.5. The van der Waals surface area contributed by atoms with Crippen LogP contribution in [0.2, 0.25) is 0 Å². The van der Waals surface area contributed by atoms with Gasteiger partial charge in [0.05, 0.1) is 19.0 Å². The van der Waals surface area contributed by atoms with Crippen LogP contribution in [0.15, 0.2) is 60.8 Å². The fourth-order valence-corrected chi connectivity index (χ4v) is 2.31. The molecule has 25 heavy (non-hydrogen) atoms. The molecule has 6 nitrogen and oxygen atoms in total. The highest BCUT2D eigenvalue weighted by Crippen LogP contribution is 2.21. The number of aromatic nitrogens is 2. The zero-order valence-corrected chi connectivity index (χ0v) is 13.8. The first-order valence-electron chi connectivity index (χ1n) is 7.80. The lowest BCUT2D eigenvalue weighted by molar-refractivity contribution is 0.0451. The maximum atomic E-state index is 12.2. The van der Waals surface area contributed by atoms with Crippen LogP contribution in [0.5, 0.6) is 11.5 Å². The average molecular weight is 338 g/mol. The van der Waals surface area contributed by atoms with Crippen molar-refractivity contribution in [2.45, 2.75) is 0 Å². The molecule has 1 aromatic heterocycles. The van der Waals surface area contributed by atoms with Gasteiger partial charge >= 0.3 is 5.97 Å². The van der Waals surface area contributed by atoms with Crippen molar-refractivity contribution in [3.05, 3.63) is 66.4 Å². The van der Waals surface area contributed by atoms with Gasteiger partial charge in [-0.1, -0.05) is 30.3 Å². The molecule has 1 N–H and O–H groups in total. The summed E-state index contributed by atoms with van der Waals surface area (Å²) < 4.78 is 15.9. The average Bonchev–Trinajstić information content (AvgIpc) is 3.16. The number of carbonyl (C=O) groups is 1. The van der Waals surface area contributed by atoms with Gasteiger partial charge in [0.15, 0.2) is 0 Å². The summed E-state index contributed by atoms with van der Waals surface area (Å²) in [6.07, 6.45) is 1.47. The van der Waals surface area contributed by atoms with Gasteiger partial charge < -0.3 is 14.2 Å². The summed E-state index contributed by atoms with van der Waals surface area (Å²) in [7, 11) is 1.61. The molecule has 0 radical (unpaired) electrons. The number of hydrogen-bond donors (Lipinski definition) is 1. The summed E-state index contributed by atoms with van der Waals surface area (Å²) in [6.45, 7) is 0.404. The maximum absolute atomic E-state index is 12.2. The molecule has 0 saturated heterocycles. The molecule has 3 rings (SSSR count). The van der Waals surface area contributed by atoms with Crippen LogP contribution in [0.25, 0.3) is 11.3 Å². The molecule has 0 atom stereocenters. The molecule has 2 aromatic carbocycles. The fourth-order valence-electron chi connectivity index (χ4n) is 2.31. The molecule has 0 fully saturated rings. The van der Waals surface area contributed by atoms with Gasteiger partial charge in [0, 0.05) is 5.56 Å². The van der Waals surface area contributed by atoms with Crippen LogP contribution in [0.4, 0.5) is 0 Å².